The summed E-state index contributed by atoms with van der Waals surface area (Å²) in [5.41, 5.74) is 2.31. The Morgan fingerprint density at radius 3 is 2.25 bits per heavy atom. The Kier molecular flexibility index (Phi) is 4.12. The van der Waals surface area contributed by atoms with Crippen molar-refractivity contribution in [3.8, 4) is 11.6 Å². The third-order valence-corrected chi connectivity index (χ3v) is 3.20. The van der Waals surface area contributed by atoms with Crippen LogP contribution in [-0.4, -0.2) is 30.6 Å². The highest BCUT2D eigenvalue weighted by Gasteiger charge is 2.17. The third kappa shape index (κ3) is 2.68. The average molecular weight is 274 g/mol. The number of rotatable bonds is 5. The fraction of sp³-hybridized carbons (Fsp3) is 0.429. The molecule has 1 N–H and O–H groups in total. The van der Waals surface area contributed by atoms with Gasteiger partial charge in [-0.05, 0) is 12.8 Å². The lowest BCUT2D eigenvalue weighted by Crippen LogP contribution is -2.12. The summed E-state index contributed by atoms with van der Waals surface area (Å²) in [6, 6.07) is 0. The third-order valence-electron chi connectivity index (χ3n) is 3.20. The molecule has 2 aromatic rings. The molecule has 2 aromatic heterocycles. The lowest BCUT2D eigenvalue weighted by Gasteiger charge is -2.12. The highest BCUT2D eigenvalue weighted by Crippen LogP contribution is 2.19. The zero-order valence-corrected chi connectivity index (χ0v) is 11.9. The molecule has 0 unspecified atom stereocenters. The smallest absolute Gasteiger partial charge is 0.307 e. The van der Waals surface area contributed by atoms with Gasteiger partial charge in [0.05, 0.1) is 6.42 Å². The summed E-state index contributed by atoms with van der Waals surface area (Å²) in [5.74, 6) is 0.388. The van der Waals surface area contributed by atoms with Gasteiger partial charge in [-0.1, -0.05) is 13.8 Å². The molecule has 106 valence electrons. The minimum absolute atomic E-state index is 0.0345. The lowest BCUT2D eigenvalue weighted by atomic mass is 10.0. The number of aryl methyl sites for hydroxylation is 3. The van der Waals surface area contributed by atoms with Crippen molar-refractivity contribution in [3.63, 3.8) is 0 Å². The molecular weight excluding hydrogens is 256 g/mol. The quantitative estimate of drug-likeness (QED) is 0.896. The van der Waals surface area contributed by atoms with Gasteiger partial charge in [0.25, 0.3) is 0 Å². The molecule has 0 fully saturated rings. The Balaban J connectivity index is 2.58. The SMILES string of the molecule is CCc1nc(-c2nccn2C)nc(CC)c1CC(=O)O. The van der Waals surface area contributed by atoms with Gasteiger partial charge in [0, 0.05) is 36.4 Å². The molecule has 6 nitrogen and oxygen atoms in total. The molecule has 0 saturated heterocycles. The molecule has 0 saturated carbocycles. The number of nitrogens with zero attached hydrogens (tertiary/aromatic N) is 4. The van der Waals surface area contributed by atoms with Crippen LogP contribution in [-0.2, 0) is 31.1 Å². The van der Waals surface area contributed by atoms with Crippen LogP contribution in [0.15, 0.2) is 12.4 Å². The first-order valence-electron chi connectivity index (χ1n) is 6.64. The Labute approximate surface area is 117 Å². The summed E-state index contributed by atoms with van der Waals surface area (Å²) in [6.07, 6.45) is 4.85. The van der Waals surface area contributed by atoms with E-state index in [4.69, 9.17) is 5.11 Å². The van der Waals surface area contributed by atoms with Crippen molar-refractivity contribution in [3.05, 3.63) is 29.3 Å². The van der Waals surface area contributed by atoms with E-state index < -0.39 is 5.97 Å². The molecule has 0 spiro atoms. The number of imidazole rings is 1. The molecule has 0 radical (unpaired) electrons. The Hall–Kier alpha value is -2.24. The molecule has 0 aliphatic heterocycles. The molecule has 2 rings (SSSR count). The second-order valence-electron chi connectivity index (χ2n) is 4.56. The first kappa shape index (κ1) is 14.2. The predicted molar refractivity (Wildman–Crippen MR) is 74.3 cm³/mol. The van der Waals surface area contributed by atoms with Crippen LogP contribution in [0.2, 0.25) is 0 Å². The zero-order chi connectivity index (χ0) is 14.7. The maximum Gasteiger partial charge on any atom is 0.307 e. The van der Waals surface area contributed by atoms with E-state index in [0.29, 0.717) is 24.5 Å². The maximum absolute atomic E-state index is 11.0. The van der Waals surface area contributed by atoms with E-state index in [2.05, 4.69) is 15.0 Å². The van der Waals surface area contributed by atoms with Crippen molar-refractivity contribution in [2.24, 2.45) is 7.05 Å². The van der Waals surface area contributed by atoms with Crippen molar-refractivity contribution < 1.29 is 9.90 Å². The minimum atomic E-state index is -0.859. The number of hydrogen-bond acceptors (Lipinski definition) is 4. The van der Waals surface area contributed by atoms with Crippen molar-refractivity contribution in [2.75, 3.05) is 0 Å². The van der Waals surface area contributed by atoms with Gasteiger partial charge in [0.1, 0.15) is 0 Å². The molecule has 6 heteroatoms. The lowest BCUT2D eigenvalue weighted by molar-refractivity contribution is -0.136. The van der Waals surface area contributed by atoms with E-state index in [1.165, 1.54) is 0 Å². The summed E-state index contributed by atoms with van der Waals surface area (Å²) in [6.45, 7) is 3.94. The van der Waals surface area contributed by atoms with E-state index in [-0.39, 0.29) is 6.42 Å². The number of aromatic nitrogens is 4. The molecule has 0 aromatic carbocycles. The number of carbonyl (C=O) groups is 1. The van der Waals surface area contributed by atoms with Gasteiger partial charge in [-0.3, -0.25) is 4.79 Å². The van der Waals surface area contributed by atoms with Crippen LogP contribution in [0.1, 0.15) is 30.8 Å². The predicted octanol–water partition coefficient (Wildman–Crippen LogP) is 1.63. The topological polar surface area (TPSA) is 80.9 Å². The fourth-order valence-corrected chi connectivity index (χ4v) is 2.20. The first-order valence-corrected chi connectivity index (χ1v) is 6.64. The van der Waals surface area contributed by atoms with Crippen LogP contribution in [0, 0.1) is 0 Å². The van der Waals surface area contributed by atoms with Crippen molar-refractivity contribution >= 4 is 5.97 Å². The number of carboxylic acids is 1. The summed E-state index contributed by atoms with van der Waals surface area (Å²) in [5, 5.41) is 9.03. The molecule has 0 amide bonds. The van der Waals surface area contributed by atoms with Crippen molar-refractivity contribution in [2.45, 2.75) is 33.1 Å². The van der Waals surface area contributed by atoms with Gasteiger partial charge in [-0.15, -0.1) is 0 Å². The molecule has 2 heterocycles. The van der Waals surface area contributed by atoms with Gasteiger partial charge in [-0.2, -0.15) is 0 Å². The number of hydrogen-bond donors (Lipinski definition) is 1. The maximum atomic E-state index is 11.0. The normalized spacial score (nSPS) is 10.8. The van der Waals surface area contributed by atoms with E-state index in [1.54, 1.807) is 6.20 Å². The van der Waals surface area contributed by atoms with E-state index in [1.807, 2.05) is 31.7 Å². The van der Waals surface area contributed by atoms with Crippen molar-refractivity contribution in [1.29, 1.82) is 0 Å². The monoisotopic (exact) mass is 274 g/mol. The second kappa shape index (κ2) is 5.81. The van der Waals surface area contributed by atoms with E-state index in [9.17, 15) is 4.79 Å². The van der Waals surface area contributed by atoms with Gasteiger partial charge < -0.3 is 9.67 Å². The average Bonchev–Trinajstić information content (AvgIpc) is 2.84. The highest BCUT2D eigenvalue weighted by atomic mass is 16.4. The first-order chi connectivity index (χ1) is 9.56. The summed E-state index contributed by atoms with van der Waals surface area (Å²) in [7, 11) is 1.88. The van der Waals surface area contributed by atoms with Crippen LogP contribution >= 0.6 is 0 Å². The second-order valence-corrected chi connectivity index (χ2v) is 4.56. The Bertz CT molecular complexity index is 609. The molecule has 0 aliphatic carbocycles. The Morgan fingerprint density at radius 2 is 1.85 bits per heavy atom. The summed E-state index contributed by atoms with van der Waals surface area (Å²) >= 11 is 0. The number of carboxylic acid groups (broad SMARTS) is 1. The standard InChI is InChI=1S/C14H18N4O2/c1-4-10-9(8-12(19)20)11(5-2)17-13(16-10)14-15-6-7-18(14)3/h6-7H,4-5,8H2,1-3H3,(H,19,20). The summed E-state index contributed by atoms with van der Waals surface area (Å²) in [4.78, 5) is 24.2. The van der Waals surface area contributed by atoms with E-state index >= 15 is 0 Å². The minimum Gasteiger partial charge on any atom is -0.481 e. The molecule has 0 bridgehead atoms. The zero-order valence-electron chi connectivity index (χ0n) is 11.9. The molecule has 0 atom stereocenters. The fourth-order valence-electron chi connectivity index (χ4n) is 2.20. The summed E-state index contributed by atoms with van der Waals surface area (Å²) < 4.78 is 1.85. The van der Waals surface area contributed by atoms with Crippen molar-refractivity contribution in [1.82, 2.24) is 19.5 Å². The van der Waals surface area contributed by atoms with Gasteiger partial charge in [0.15, 0.2) is 11.6 Å². The largest absolute Gasteiger partial charge is 0.481 e. The van der Waals surface area contributed by atoms with Gasteiger partial charge in [0.2, 0.25) is 0 Å². The molecular formula is C14H18N4O2. The number of aliphatic carboxylic acids is 1. The Morgan fingerprint density at radius 1 is 1.25 bits per heavy atom. The van der Waals surface area contributed by atoms with Crippen LogP contribution < -0.4 is 0 Å². The van der Waals surface area contributed by atoms with Gasteiger partial charge in [-0.25, -0.2) is 15.0 Å². The highest BCUT2D eigenvalue weighted by molar-refractivity contribution is 5.71. The van der Waals surface area contributed by atoms with Crippen LogP contribution in [0.3, 0.4) is 0 Å². The van der Waals surface area contributed by atoms with E-state index in [0.717, 1.165) is 17.0 Å². The van der Waals surface area contributed by atoms with Crippen LogP contribution in [0.5, 0.6) is 0 Å². The molecule has 0 aliphatic rings. The van der Waals surface area contributed by atoms with Crippen LogP contribution in [0.25, 0.3) is 11.6 Å². The van der Waals surface area contributed by atoms with Gasteiger partial charge >= 0.3 is 5.97 Å². The molecule has 20 heavy (non-hydrogen) atoms. The van der Waals surface area contributed by atoms with Crippen LogP contribution in [0.4, 0.5) is 0 Å².